The number of anilines is 2. The highest BCUT2D eigenvalue weighted by Crippen LogP contribution is 2.23. The highest BCUT2D eigenvalue weighted by atomic mass is 16.2. The Balaban J connectivity index is 1.90. The van der Waals surface area contributed by atoms with Crippen molar-refractivity contribution in [2.45, 2.75) is 40.5 Å². The van der Waals surface area contributed by atoms with Crippen molar-refractivity contribution in [1.82, 2.24) is 9.80 Å². The Morgan fingerprint density at radius 2 is 1.80 bits per heavy atom. The minimum Gasteiger partial charge on any atom is -0.372 e. The van der Waals surface area contributed by atoms with Crippen LogP contribution in [0.3, 0.4) is 0 Å². The molecule has 0 unspecified atom stereocenters. The number of rotatable bonds is 7. The minimum atomic E-state index is 0.0221. The highest BCUT2D eigenvalue weighted by molar-refractivity contribution is 5.90. The lowest BCUT2D eigenvalue weighted by atomic mass is 10.1. The van der Waals surface area contributed by atoms with Gasteiger partial charge in [-0.15, -0.1) is 0 Å². The van der Waals surface area contributed by atoms with Crippen molar-refractivity contribution in [3.05, 3.63) is 23.8 Å². The number of aryl methyl sites for hydroxylation is 1. The zero-order valence-corrected chi connectivity index (χ0v) is 16.3. The maximum absolute atomic E-state index is 12.6. The summed E-state index contributed by atoms with van der Waals surface area (Å²) in [6.07, 6.45) is 2.47. The predicted molar refractivity (Wildman–Crippen MR) is 107 cm³/mol. The van der Waals surface area contributed by atoms with Crippen molar-refractivity contribution < 1.29 is 4.79 Å². The van der Waals surface area contributed by atoms with Crippen LogP contribution in [0.5, 0.6) is 0 Å². The topological polar surface area (TPSA) is 38.8 Å². The van der Waals surface area contributed by atoms with Gasteiger partial charge < -0.3 is 15.1 Å². The lowest BCUT2D eigenvalue weighted by molar-refractivity contribution is 0.146. The second kappa shape index (κ2) is 9.66. The smallest absolute Gasteiger partial charge is 0.321 e. The summed E-state index contributed by atoms with van der Waals surface area (Å²) in [6.45, 7) is 15.3. The Hall–Kier alpha value is -1.75. The number of urea groups is 1. The molecule has 0 aliphatic carbocycles. The van der Waals surface area contributed by atoms with E-state index in [0.29, 0.717) is 0 Å². The highest BCUT2D eigenvalue weighted by Gasteiger charge is 2.21. The number of nitrogens with zero attached hydrogens (tertiary/aromatic N) is 3. The molecule has 1 aromatic rings. The van der Waals surface area contributed by atoms with Crippen molar-refractivity contribution in [3.8, 4) is 0 Å². The number of carbonyl (C=O) groups excluding carboxylic acids is 1. The average Bonchev–Trinajstić information content (AvgIpc) is 2.63. The quantitative estimate of drug-likeness (QED) is 0.816. The number of benzene rings is 1. The van der Waals surface area contributed by atoms with E-state index in [4.69, 9.17) is 0 Å². The van der Waals surface area contributed by atoms with Gasteiger partial charge in [-0.05, 0) is 57.5 Å². The lowest BCUT2D eigenvalue weighted by Gasteiger charge is -2.34. The molecule has 1 N–H and O–H groups in total. The van der Waals surface area contributed by atoms with Gasteiger partial charge >= 0.3 is 6.03 Å². The van der Waals surface area contributed by atoms with Gasteiger partial charge in [0, 0.05) is 50.6 Å². The first-order valence-corrected chi connectivity index (χ1v) is 9.72. The largest absolute Gasteiger partial charge is 0.372 e. The molecular formula is C20H34N4O. The summed E-state index contributed by atoms with van der Waals surface area (Å²) in [5.41, 5.74) is 3.23. The van der Waals surface area contributed by atoms with Crippen LogP contribution in [-0.2, 0) is 0 Å². The first-order chi connectivity index (χ1) is 12.1. The first-order valence-electron chi connectivity index (χ1n) is 9.72. The van der Waals surface area contributed by atoms with E-state index in [1.807, 2.05) is 11.0 Å². The van der Waals surface area contributed by atoms with Crippen LogP contribution in [0, 0.1) is 6.92 Å². The fourth-order valence-corrected chi connectivity index (χ4v) is 3.32. The molecule has 1 fully saturated rings. The first kappa shape index (κ1) is 19.6. The molecule has 1 aromatic carbocycles. The third-order valence-electron chi connectivity index (χ3n) is 5.07. The molecule has 1 aliphatic rings. The van der Waals surface area contributed by atoms with E-state index in [1.165, 1.54) is 18.5 Å². The number of carbonyl (C=O) groups is 1. The SMILES string of the molecule is CCCCN1CCN(C(=O)Nc2ccc(N(CC)CC)cc2C)CC1. The predicted octanol–water partition coefficient (Wildman–Crippen LogP) is 3.79. The summed E-state index contributed by atoms with van der Waals surface area (Å²) in [5, 5.41) is 3.09. The second-order valence-electron chi connectivity index (χ2n) is 6.78. The van der Waals surface area contributed by atoms with Crippen molar-refractivity contribution in [3.63, 3.8) is 0 Å². The van der Waals surface area contributed by atoms with E-state index in [-0.39, 0.29) is 6.03 Å². The van der Waals surface area contributed by atoms with Crippen LogP contribution >= 0.6 is 0 Å². The number of unbranched alkanes of at least 4 members (excludes halogenated alkanes) is 1. The van der Waals surface area contributed by atoms with Gasteiger partial charge in [0.05, 0.1) is 0 Å². The standard InChI is InChI=1S/C20H34N4O/c1-5-8-11-22-12-14-24(15-13-22)20(25)21-19-10-9-18(16-17(19)4)23(6-2)7-3/h9-10,16H,5-8,11-15H2,1-4H3,(H,21,25). The molecule has 0 spiro atoms. The van der Waals surface area contributed by atoms with E-state index in [9.17, 15) is 4.79 Å². The number of nitrogens with one attached hydrogen (secondary N) is 1. The van der Waals surface area contributed by atoms with Gasteiger partial charge in [-0.1, -0.05) is 13.3 Å². The monoisotopic (exact) mass is 346 g/mol. The van der Waals surface area contributed by atoms with Crippen LogP contribution in [0.1, 0.15) is 39.2 Å². The summed E-state index contributed by atoms with van der Waals surface area (Å²) in [5.74, 6) is 0. The molecule has 0 radical (unpaired) electrons. The second-order valence-corrected chi connectivity index (χ2v) is 6.78. The van der Waals surface area contributed by atoms with Crippen LogP contribution in [0.4, 0.5) is 16.2 Å². The molecule has 0 bridgehead atoms. The molecule has 1 aliphatic heterocycles. The summed E-state index contributed by atoms with van der Waals surface area (Å²) in [7, 11) is 0. The van der Waals surface area contributed by atoms with E-state index in [0.717, 1.165) is 57.1 Å². The van der Waals surface area contributed by atoms with Crippen LogP contribution in [0.2, 0.25) is 0 Å². The fourth-order valence-electron chi connectivity index (χ4n) is 3.32. The number of amides is 2. The Morgan fingerprint density at radius 3 is 2.36 bits per heavy atom. The van der Waals surface area contributed by atoms with Crippen molar-refractivity contribution in [2.75, 3.05) is 56.0 Å². The van der Waals surface area contributed by atoms with Gasteiger partial charge in [-0.25, -0.2) is 4.79 Å². The molecular weight excluding hydrogens is 312 g/mol. The van der Waals surface area contributed by atoms with Crippen LogP contribution in [0.25, 0.3) is 0 Å². The molecule has 25 heavy (non-hydrogen) atoms. The number of hydrogen-bond acceptors (Lipinski definition) is 3. The lowest BCUT2D eigenvalue weighted by Crippen LogP contribution is -2.50. The van der Waals surface area contributed by atoms with Gasteiger partial charge in [-0.2, -0.15) is 0 Å². The Kier molecular flexibility index (Phi) is 7.56. The molecule has 1 saturated heterocycles. The molecule has 5 nitrogen and oxygen atoms in total. The van der Waals surface area contributed by atoms with Crippen LogP contribution in [-0.4, -0.2) is 61.6 Å². The van der Waals surface area contributed by atoms with Crippen LogP contribution in [0.15, 0.2) is 18.2 Å². The van der Waals surface area contributed by atoms with E-state index >= 15 is 0 Å². The number of piperazine rings is 1. The molecule has 2 amide bonds. The van der Waals surface area contributed by atoms with Crippen LogP contribution < -0.4 is 10.2 Å². The molecule has 5 heteroatoms. The van der Waals surface area contributed by atoms with Crippen molar-refractivity contribution in [2.24, 2.45) is 0 Å². The molecule has 0 aromatic heterocycles. The molecule has 0 atom stereocenters. The van der Waals surface area contributed by atoms with E-state index in [2.05, 4.69) is 54.9 Å². The Labute approximate surface area is 153 Å². The number of hydrogen-bond donors (Lipinski definition) is 1. The summed E-state index contributed by atoms with van der Waals surface area (Å²) < 4.78 is 0. The zero-order chi connectivity index (χ0) is 18.2. The van der Waals surface area contributed by atoms with Crippen molar-refractivity contribution in [1.29, 1.82) is 0 Å². The van der Waals surface area contributed by atoms with Gasteiger partial charge in [0.25, 0.3) is 0 Å². The maximum Gasteiger partial charge on any atom is 0.321 e. The van der Waals surface area contributed by atoms with Gasteiger partial charge in [0.1, 0.15) is 0 Å². The molecule has 0 saturated carbocycles. The Bertz CT molecular complexity index is 549. The summed E-state index contributed by atoms with van der Waals surface area (Å²) in [6, 6.07) is 6.30. The van der Waals surface area contributed by atoms with Crippen molar-refractivity contribution >= 4 is 17.4 Å². The fraction of sp³-hybridized carbons (Fsp3) is 0.650. The van der Waals surface area contributed by atoms with Gasteiger partial charge in [0.15, 0.2) is 0 Å². The summed E-state index contributed by atoms with van der Waals surface area (Å²) >= 11 is 0. The van der Waals surface area contributed by atoms with E-state index in [1.54, 1.807) is 0 Å². The molecule has 2 rings (SSSR count). The third kappa shape index (κ3) is 5.36. The average molecular weight is 347 g/mol. The zero-order valence-electron chi connectivity index (χ0n) is 16.3. The molecule has 140 valence electrons. The molecule has 1 heterocycles. The normalized spacial score (nSPS) is 15.3. The minimum absolute atomic E-state index is 0.0221. The summed E-state index contributed by atoms with van der Waals surface area (Å²) in [4.78, 5) is 19.3. The maximum atomic E-state index is 12.6. The van der Waals surface area contributed by atoms with E-state index < -0.39 is 0 Å². The van der Waals surface area contributed by atoms with Gasteiger partial charge in [-0.3, -0.25) is 4.90 Å². The van der Waals surface area contributed by atoms with Gasteiger partial charge in [0.2, 0.25) is 0 Å². The Morgan fingerprint density at radius 1 is 1.12 bits per heavy atom. The third-order valence-corrected chi connectivity index (χ3v) is 5.07.